The molecular formula is C18H28FIN4. The number of rotatable bonds is 5. The van der Waals surface area contributed by atoms with Gasteiger partial charge in [0.1, 0.15) is 5.82 Å². The number of guanidine groups is 1. The van der Waals surface area contributed by atoms with Crippen LogP contribution in [0.3, 0.4) is 0 Å². The van der Waals surface area contributed by atoms with Crippen LogP contribution >= 0.6 is 24.0 Å². The Morgan fingerprint density at radius 2 is 2.00 bits per heavy atom. The molecule has 2 N–H and O–H groups in total. The van der Waals surface area contributed by atoms with Crippen molar-refractivity contribution in [3.05, 3.63) is 35.6 Å². The maximum absolute atomic E-state index is 13.8. The Balaban J connectivity index is 0.00000208. The van der Waals surface area contributed by atoms with Gasteiger partial charge in [0.15, 0.2) is 5.96 Å². The molecule has 0 amide bonds. The lowest BCUT2D eigenvalue weighted by Gasteiger charge is -2.26. The molecular weight excluding hydrogens is 418 g/mol. The van der Waals surface area contributed by atoms with Gasteiger partial charge in [-0.25, -0.2) is 4.39 Å². The van der Waals surface area contributed by atoms with Crippen LogP contribution in [0.15, 0.2) is 29.3 Å². The van der Waals surface area contributed by atoms with Crippen LogP contribution < -0.4 is 10.6 Å². The number of halogens is 2. The van der Waals surface area contributed by atoms with Crippen LogP contribution in [0.1, 0.15) is 37.2 Å². The van der Waals surface area contributed by atoms with E-state index in [-0.39, 0.29) is 41.8 Å². The molecule has 0 radical (unpaired) electrons. The van der Waals surface area contributed by atoms with Gasteiger partial charge in [0.25, 0.3) is 0 Å². The molecule has 1 aliphatic carbocycles. The van der Waals surface area contributed by atoms with Crippen molar-refractivity contribution in [1.29, 1.82) is 0 Å². The molecule has 4 nitrogen and oxygen atoms in total. The summed E-state index contributed by atoms with van der Waals surface area (Å²) in [6.45, 7) is 4.39. The zero-order valence-corrected chi connectivity index (χ0v) is 16.6. The van der Waals surface area contributed by atoms with E-state index in [1.165, 1.54) is 38.4 Å². The highest BCUT2D eigenvalue weighted by atomic mass is 127. The van der Waals surface area contributed by atoms with Gasteiger partial charge in [-0.3, -0.25) is 4.99 Å². The molecule has 134 valence electrons. The fourth-order valence-electron chi connectivity index (χ4n) is 3.36. The summed E-state index contributed by atoms with van der Waals surface area (Å²) in [6, 6.07) is 7.35. The highest BCUT2D eigenvalue weighted by molar-refractivity contribution is 14.0. The lowest BCUT2D eigenvalue weighted by atomic mass is 10.1. The quantitative estimate of drug-likeness (QED) is 0.415. The lowest BCUT2D eigenvalue weighted by Crippen LogP contribution is -2.43. The average molecular weight is 446 g/mol. The molecule has 2 atom stereocenters. The summed E-state index contributed by atoms with van der Waals surface area (Å²) in [5, 5.41) is 6.79. The molecule has 0 bridgehead atoms. The minimum Gasteiger partial charge on any atom is -0.355 e. The lowest BCUT2D eigenvalue weighted by molar-refractivity contribution is 0.232. The first-order chi connectivity index (χ1) is 11.3. The normalized spacial score (nSPS) is 24.2. The Hall–Kier alpha value is -0.890. The van der Waals surface area contributed by atoms with Crippen LogP contribution in [0.4, 0.5) is 4.39 Å². The molecule has 24 heavy (non-hydrogen) atoms. The van der Waals surface area contributed by atoms with E-state index in [9.17, 15) is 4.39 Å². The standard InChI is InChI=1S/C18H27FN4.HI/c1-20-18(21-9-12-23-10-5-2-6-11-23)22-17-13-15(17)14-7-3-4-8-16(14)19;/h3-4,7-8,15,17H,2,5-6,9-13H2,1H3,(H2,20,21,22);1H. The van der Waals surface area contributed by atoms with E-state index in [0.29, 0.717) is 0 Å². The van der Waals surface area contributed by atoms with Crippen LogP contribution in [0.5, 0.6) is 0 Å². The van der Waals surface area contributed by atoms with Crippen molar-refractivity contribution in [3.8, 4) is 0 Å². The van der Waals surface area contributed by atoms with Gasteiger partial charge in [-0.1, -0.05) is 24.6 Å². The molecule has 2 fully saturated rings. The summed E-state index contributed by atoms with van der Waals surface area (Å²) in [7, 11) is 1.79. The maximum atomic E-state index is 13.8. The van der Waals surface area contributed by atoms with E-state index in [2.05, 4.69) is 20.5 Å². The number of likely N-dealkylation sites (tertiary alicyclic amines) is 1. The van der Waals surface area contributed by atoms with E-state index in [4.69, 9.17) is 0 Å². The summed E-state index contributed by atoms with van der Waals surface area (Å²) in [6.07, 6.45) is 4.97. The summed E-state index contributed by atoms with van der Waals surface area (Å²) in [5.41, 5.74) is 0.814. The zero-order valence-electron chi connectivity index (χ0n) is 14.3. The predicted octanol–water partition coefficient (Wildman–Crippen LogP) is 2.95. The van der Waals surface area contributed by atoms with Crippen molar-refractivity contribution in [2.45, 2.75) is 37.6 Å². The third-order valence-electron chi connectivity index (χ3n) is 4.81. The predicted molar refractivity (Wildman–Crippen MR) is 108 cm³/mol. The fourth-order valence-corrected chi connectivity index (χ4v) is 3.36. The van der Waals surface area contributed by atoms with Crippen LogP contribution in [0, 0.1) is 5.82 Å². The van der Waals surface area contributed by atoms with Gasteiger partial charge in [0.2, 0.25) is 0 Å². The number of nitrogens with zero attached hydrogens (tertiary/aromatic N) is 2. The second kappa shape index (κ2) is 9.56. The van der Waals surface area contributed by atoms with Crippen molar-refractivity contribution >= 4 is 29.9 Å². The van der Waals surface area contributed by atoms with E-state index in [0.717, 1.165) is 31.0 Å². The van der Waals surface area contributed by atoms with E-state index >= 15 is 0 Å². The van der Waals surface area contributed by atoms with Gasteiger partial charge in [-0.15, -0.1) is 24.0 Å². The minimum absolute atomic E-state index is 0. The van der Waals surface area contributed by atoms with Crippen molar-refractivity contribution in [3.63, 3.8) is 0 Å². The third kappa shape index (κ3) is 5.31. The Morgan fingerprint density at radius 1 is 1.25 bits per heavy atom. The highest BCUT2D eigenvalue weighted by Crippen LogP contribution is 2.41. The summed E-state index contributed by atoms with van der Waals surface area (Å²) < 4.78 is 13.8. The fraction of sp³-hybridized carbons (Fsp3) is 0.611. The zero-order chi connectivity index (χ0) is 16.1. The molecule has 1 saturated carbocycles. The molecule has 0 spiro atoms. The summed E-state index contributed by atoms with van der Waals surface area (Å²) in [5.74, 6) is 0.984. The van der Waals surface area contributed by atoms with Gasteiger partial charge >= 0.3 is 0 Å². The second-order valence-corrected chi connectivity index (χ2v) is 6.52. The van der Waals surface area contributed by atoms with Crippen LogP contribution in [-0.4, -0.2) is 50.1 Å². The molecule has 3 rings (SSSR count). The molecule has 2 aliphatic rings. The molecule has 0 aromatic heterocycles. The Morgan fingerprint density at radius 3 is 2.71 bits per heavy atom. The first-order valence-corrected chi connectivity index (χ1v) is 8.72. The summed E-state index contributed by atoms with van der Waals surface area (Å²) in [4.78, 5) is 6.79. The molecule has 1 aromatic rings. The topological polar surface area (TPSA) is 39.7 Å². The second-order valence-electron chi connectivity index (χ2n) is 6.52. The van der Waals surface area contributed by atoms with Gasteiger partial charge in [0, 0.05) is 32.1 Å². The van der Waals surface area contributed by atoms with Crippen molar-refractivity contribution in [1.82, 2.24) is 15.5 Å². The molecule has 1 aromatic carbocycles. The first-order valence-electron chi connectivity index (χ1n) is 8.72. The van der Waals surface area contributed by atoms with Crippen molar-refractivity contribution in [2.75, 3.05) is 33.2 Å². The van der Waals surface area contributed by atoms with Crippen molar-refractivity contribution in [2.24, 2.45) is 4.99 Å². The van der Waals surface area contributed by atoms with Gasteiger partial charge in [-0.05, 0) is 44.0 Å². The number of hydrogen-bond donors (Lipinski definition) is 2. The Kier molecular flexibility index (Phi) is 7.74. The number of benzene rings is 1. The third-order valence-corrected chi connectivity index (χ3v) is 4.81. The van der Waals surface area contributed by atoms with E-state index in [1.807, 2.05) is 12.1 Å². The number of nitrogens with one attached hydrogen (secondary N) is 2. The number of hydrogen-bond acceptors (Lipinski definition) is 2. The van der Waals surface area contributed by atoms with Crippen LogP contribution in [0.25, 0.3) is 0 Å². The molecule has 1 aliphatic heterocycles. The van der Waals surface area contributed by atoms with Gasteiger partial charge in [0.05, 0.1) is 0 Å². The van der Waals surface area contributed by atoms with Gasteiger partial charge in [-0.2, -0.15) is 0 Å². The van der Waals surface area contributed by atoms with Crippen molar-refractivity contribution < 1.29 is 4.39 Å². The average Bonchev–Trinajstić information content (AvgIpc) is 3.34. The van der Waals surface area contributed by atoms with Crippen LogP contribution in [0.2, 0.25) is 0 Å². The summed E-state index contributed by atoms with van der Waals surface area (Å²) >= 11 is 0. The minimum atomic E-state index is -0.102. The smallest absolute Gasteiger partial charge is 0.191 e. The van der Waals surface area contributed by atoms with Crippen LogP contribution in [-0.2, 0) is 0 Å². The Bertz CT molecular complexity index is 546. The molecule has 1 saturated heterocycles. The SMILES string of the molecule is CN=C(NCCN1CCCCC1)NC1CC1c1ccccc1F.I. The largest absolute Gasteiger partial charge is 0.355 e. The Labute approximate surface area is 161 Å². The highest BCUT2D eigenvalue weighted by Gasteiger charge is 2.40. The van der Waals surface area contributed by atoms with Gasteiger partial charge < -0.3 is 15.5 Å². The van der Waals surface area contributed by atoms with E-state index in [1.54, 1.807) is 13.1 Å². The number of piperidine rings is 1. The number of aliphatic imine (C=N–C) groups is 1. The maximum Gasteiger partial charge on any atom is 0.191 e. The first kappa shape index (κ1) is 19.4. The molecule has 2 unspecified atom stereocenters. The monoisotopic (exact) mass is 446 g/mol. The molecule has 1 heterocycles. The molecule has 6 heteroatoms. The van der Waals surface area contributed by atoms with E-state index < -0.39 is 0 Å².